The summed E-state index contributed by atoms with van der Waals surface area (Å²) in [6.07, 6.45) is 2.76. The number of benzene rings is 2. The van der Waals surface area contributed by atoms with Gasteiger partial charge in [0.25, 0.3) is 0 Å². The van der Waals surface area contributed by atoms with Gasteiger partial charge in [-0.05, 0) is 44.0 Å². The van der Waals surface area contributed by atoms with E-state index < -0.39 is 11.7 Å². The molecule has 0 saturated heterocycles. The van der Waals surface area contributed by atoms with Gasteiger partial charge in [-0.15, -0.1) is 0 Å². The molecule has 0 aliphatic heterocycles. The number of rotatable bonds is 5. The minimum atomic E-state index is -0.665. The Morgan fingerprint density at radius 2 is 1.68 bits per heavy atom. The van der Waals surface area contributed by atoms with Gasteiger partial charge in [-0.1, -0.05) is 48.5 Å². The van der Waals surface area contributed by atoms with Crippen LogP contribution in [0.5, 0.6) is 0 Å². The molecule has 174 valence electrons. The number of esters is 1. The summed E-state index contributed by atoms with van der Waals surface area (Å²) in [6, 6.07) is 18.7. The SMILES string of the molecule is CC(C)(C)OC(=O)n1cc(-c2ccccc2N)c2cc(CC(=O)OCc3ccccc3)cnc21. The first-order valence-corrected chi connectivity index (χ1v) is 11.0. The fraction of sp³-hybridized carbons (Fsp3) is 0.222. The van der Waals surface area contributed by atoms with Crippen LogP contribution in [0.3, 0.4) is 0 Å². The van der Waals surface area contributed by atoms with E-state index in [-0.39, 0.29) is 19.0 Å². The quantitative estimate of drug-likeness (QED) is 0.320. The number of nitrogens with two attached hydrogens (primary N) is 1. The van der Waals surface area contributed by atoms with Gasteiger partial charge in [-0.25, -0.2) is 14.3 Å². The molecular weight excluding hydrogens is 430 g/mol. The van der Waals surface area contributed by atoms with Crippen LogP contribution in [-0.2, 0) is 27.3 Å². The lowest BCUT2D eigenvalue weighted by Gasteiger charge is -2.19. The van der Waals surface area contributed by atoms with Crippen LogP contribution in [0.25, 0.3) is 22.2 Å². The molecule has 0 amide bonds. The van der Waals surface area contributed by atoms with Gasteiger partial charge in [0.2, 0.25) is 0 Å². The summed E-state index contributed by atoms with van der Waals surface area (Å²) in [4.78, 5) is 29.8. The molecule has 2 aromatic heterocycles. The van der Waals surface area contributed by atoms with Crippen LogP contribution in [0.4, 0.5) is 10.5 Å². The van der Waals surface area contributed by atoms with E-state index in [1.807, 2.05) is 54.6 Å². The molecule has 2 N–H and O–H groups in total. The topological polar surface area (TPSA) is 96.4 Å². The lowest BCUT2D eigenvalue weighted by Crippen LogP contribution is -2.26. The molecule has 0 aliphatic rings. The highest BCUT2D eigenvalue weighted by molar-refractivity contribution is 6.01. The fourth-order valence-corrected chi connectivity index (χ4v) is 3.61. The van der Waals surface area contributed by atoms with Crippen molar-refractivity contribution >= 4 is 28.8 Å². The van der Waals surface area contributed by atoms with Crippen LogP contribution in [0.2, 0.25) is 0 Å². The minimum absolute atomic E-state index is 0.0527. The Hall–Kier alpha value is -4.13. The third-order valence-corrected chi connectivity index (χ3v) is 5.13. The maximum absolute atomic E-state index is 12.9. The average molecular weight is 458 g/mol. The molecule has 0 radical (unpaired) electrons. The number of hydrogen-bond donors (Lipinski definition) is 1. The third kappa shape index (κ3) is 5.26. The molecule has 0 saturated carbocycles. The second kappa shape index (κ2) is 9.39. The monoisotopic (exact) mass is 457 g/mol. The summed E-state index contributed by atoms with van der Waals surface area (Å²) in [5, 5.41) is 0.692. The van der Waals surface area contributed by atoms with E-state index in [0.717, 1.165) is 16.7 Å². The van der Waals surface area contributed by atoms with Crippen LogP contribution in [-0.4, -0.2) is 27.2 Å². The zero-order valence-corrected chi connectivity index (χ0v) is 19.4. The molecule has 0 aliphatic carbocycles. The molecule has 2 heterocycles. The smallest absolute Gasteiger partial charge is 0.420 e. The van der Waals surface area contributed by atoms with E-state index >= 15 is 0 Å². The number of anilines is 1. The van der Waals surface area contributed by atoms with Crippen molar-refractivity contribution in [1.82, 2.24) is 9.55 Å². The Bertz CT molecular complexity index is 1340. The van der Waals surface area contributed by atoms with Crippen LogP contribution in [0.15, 0.2) is 73.1 Å². The standard InChI is InChI=1S/C27H27N3O4/c1-27(2,3)34-26(32)30-16-22(20-11-7-8-12-23(20)28)21-13-19(15-29-25(21)30)14-24(31)33-17-18-9-5-4-6-10-18/h4-13,15-16H,14,17,28H2,1-3H3. The number of nitrogens with zero attached hydrogens (tertiary/aromatic N) is 2. The first-order valence-electron chi connectivity index (χ1n) is 11.0. The Kier molecular flexibility index (Phi) is 6.36. The van der Waals surface area contributed by atoms with Crippen molar-refractivity contribution in [3.63, 3.8) is 0 Å². The molecule has 0 spiro atoms. The third-order valence-electron chi connectivity index (χ3n) is 5.13. The average Bonchev–Trinajstić information content (AvgIpc) is 3.16. The Balaban J connectivity index is 1.67. The maximum atomic E-state index is 12.9. The second-order valence-electron chi connectivity index (χ2n) is 9.02. The van der Waals surface area contributed by atoms with Crippen LogP contribution < -0.4 is 5.73 Å². The van der Waals surface area contributed by atoms with Crippen LogP contribution in [0, 0.1) is 0 Å². The number of para-hydroxylation sites is 1. The van der Waals surface area contributed by atoms with Crippen molar-refractivity contribution in [3.8, 4) is 11.1 Å². The number of hydrogen-bond acceptors (Lipinski definition) is 6. The van der Waals surface area contributed by atoms with Gasteiger partial charge >= 0.3 is 12.1 Å². The number of nitrogen functional groups attached to an aromatic ring is 1. The number of carbonyl (C=O) groups is 2. The molecule has 0 bridgehead atoms. The van der Waals surface area contributed by atoms with E-state index in [4.69, 9.17) is 15.2 Å². The molecule has 0 unspecified atom stereocenters. The number of aromatic nitrogens is 2. The van der Waals surface area contributed by atoms with Crippen molar-refractivity contribution in [3.05, 3.63) is 84.2 Å². The van der Waals surface area contributed by atoms with Crippen molar-refractivity contribution in [2.45, 2.75) is 39.4 Å². The van der Waals surface area contributed by atoms with Crippen molar-refractivity contribution in [1.29, 1.82) is 0 Å². The van der Waals surface area contributed by atoms with Gasteiger partial charge in [0.15, 0.2) is 0 Å². The Morgan fingerprint density at radius 3 is 2.38 bits per heavy atom. The van der Waals surface area contributed by atoms with Gasteiger partial charge in [-0.2, -0.15) is 0 Å². The molecule has 7 heteroatoms. The molecule has 7 nitrogen and oxygen atoms in total. The van der Waals surface area contributed by atoms with E-state index in [1.165, 1.54) is 4.57 Å². The van der Waals surface area contributed by atoms with Crippen LogP contribution >= 0.6 is 0 Å². The highest BCUT2D eigenvalue weighted by atomic mass is 16.6. The van der Waals surface area contributed by atoms with Gasteiger partial charge < -0.3 is 15.2 Å². The maximum Gasteiger partial charge on any atom is 0.420 e. The van der Waals surface area contributed by atoms with Crippen LogP contribution in [0.1, 0.15) is 31.9 Å². The minimum Gasteiger partial charge on any atom is -0.461 e. The summed E-state index contributed by atoms with van der Waals surface area (Å²) in [5.74, 6) is -0.364. The Morgan fingerprint density at radius 1 is 0.971 bits per heavy atom. The zero-order chi connectivity index (χ0) is 24.3. The largest absolute Gasteiger partial charge is 0.461 e. The lowest BCUT2D eigenvalue weighted by molar-refractivity contribution is -0.144. The number of ether oxygens (including phenoxy) is 2. The van der Waals surface area contributed by atoms with Gasteiger partial charge in [0.1, 0.15) is 17.9 Å². The fourth-order valence-electron chi connectivity index (χ4n) is 3.61. The van der Waals surface area contributed by atoms with Gasteiger partial charge in [0, 0.05) is 34.6 Å². The van der Waals surface area contributed by atoms with Gasteiger partial charge in [0.05, 0.1) is 6.42 Å². The molecule has 34 heavy (non-hydrogen) atoms. The molecule has 0 fully saturated rings. The molecule has 2 aromatic carbocycles. The zero-order valence-electron chi connectivity index (χ0n) is 19.4. The summed E-state index contributed by atoms with van der Waals surface area (Å²) in [5.41, 5.74) is 9.63. The molecule has 0 atom stereocenters. The number of carbonyl (C=O) groups excluding carboxylic acids is 2. The highest BCUT2D eigenvalue weighted by Gasteiger charge is 2.23. The van der Waals surface area contributed by atoms with Crippen molar-refractivity contribution in [2.24, 2.45) is 0 Å². The summed E-state index contributed by atoms with van der Waals surface area (Å²) >= 11 is 0. The predicted octanol–water partition coefficient (Wildman–Crippen LogP) is 5.35. The Labute approximate surface area is 198 Å². The van der Waals surface area contributed by atoms with E-state index in [1.54, 1.807) is 39.2 Å². The lowest BCUT2D eigenvalue weighted by atomic mass is 10.0. The second-order valence-corrected chi connectivity index (χ2v) is 9.02. The highest BCUT2D eigenvalue weighted by Crippen LogP contribution is 2.34. The summed E-state index contributed by atoms with van der Waals surface area (Å²) in [6.45, 7) is 5.62. The number of pyridine rings is 1. The number of fused-ring (bicyclic) bond motifs is 1. The van der Waals surface area contributed by atoms with E-state index in [2.05, 4.69) is 4.98 Å². The first kappa shape index (κ1) is 23.0. The first-order chi connectivity index (χ1) is 16.2. The predicted molar refractivity (Wildman–Crippen MR) is 131 cm³/mol. The molecule has 4 aromatic rings. The van der Waals surface area contributed by atoms with E-state index in [9.17, 15) is 9.59 Å². The summed E-state index contributed by atoms with van der Waals surface area (Å²) in [7, 11) is 0. The van der Waals surface area contributed by atoms with Gasteiger partial charge in [-0.3, -0.25) is 4.79 Å². The normalized spacial score (nSPS) is 11.4. The van der Waals surface area contributed by atoms with Crippen molar-refractivity contribution < 1.29 is 19.1 Å². The summed E-state index contributed by atoms with van der Waals surface area (Å²) < 4.78 is 12.3. The molecular formula is C27H27N3O4. The van der Waals surface area contributed by atoms with Crippen molar-refractivity contribution in [2.75, 3.05) is 5.73 Å². The molecule has 4 rings (SSSR count). The van der Waals surface area contributed by atoms with E-state index in [0.29, 0.717) is 22.3 Å².